The van der Waals surface area contributed by atoms with Crippen LogP contribution < -0.4 is 9.46 Å². The number of ether oxygens (including phenoxy) is 1. The molecule has 2 heterocycles. The summed E-state index contributed by atoms with van der Waals surface area (Å²) < 4.78 is 31.3. The summed E-state index contributed by atoms with van der Waals surface area (Å²) in [6, 6.07) is 5.06. The highest BCUT2D eigenvalue weighted by Gasteiger charge is 2.15. The third-order valence-corrected chi connectivity index (χ3v) is 5.76. The van der Waals surface area contributed by atoms with Crippen LogP contribution in [0.2, 0.25) is 0 Å². The Morgan fingerprint density at radius 2 is 1.81 bits per heavy atom. The first-order chi connectivity index (χ1) is 15.4. The molecule has 0 bridgehead atoms. The fourth-order valence-corrected chi connectivity index (χ4v) is 3.45. The van der Waals surface area contributed by atoms with Crippen molar-refractivity contribution in [2.45, 2.75) is 60.3 Å². The first-order valence-corrected chi connectivity index (χ1v) is 13.3. The van der Waals surface area contributed by atoms with E-state index in [1.165, 1.54) is 17.6 Å². The van der Waals surface area contributed by atoms with Crippen LogP contribution in [0.25, 0.3) is 0 Å². The number of anilines is 1. The average Bonchev–Trinajstić information content (AvgIpc) is 2.80. The maximum Gasteiger partial charge on any atom is 0.233 e. The molecule has 1 aromatic heterocycles. The summed E-state index contributed by atoms with van der Waals surface area (Å²) >= 11 is 0. The lowest BCUT2D eigenvalue weighted by Crippen LogP contribution is -2.32. The zero-order valence-electron chi connectivity index (χ0n) is 20.7. The molecule has 184 valence electrons. The second kappa shape index (κ2) is 17.4. The Hall–Kier alpha value is -2.12. The maximum absolute atomic E-state index is 11.6. The van der Waals surface area contributed by atoms with Gasteiger partial charge in [0, 0.05) is 20.6 Å². The summed E-state index contributed by atoms with van der Waals surface area (Å²) in [7, 11) is -3.33. The number of hydrogen-bond donors (Lipinski definition) is 1. The van der Waals surface area contributed by atoms with Gasteiger partial charge in [-0.1, -0.05) is 65.5 Å². The van der Waals surface area contributed by atoms with Crippen molar-refractivity contribution in [3.8, 4) is 5.88 Å². The molecule has 0 spiro atoms. The van der Waals surface area contributed by atoms with Gasteiger partial charge in [0.15, 0.2) is 0 Å². The van der Waals surface area contributed by atoms with Crippen molar-refractivity contribution in [3.05, 3.63) is 54.7 Å². The van der Waals surface area contributed by atoms with E-state index in [4.69, 9.17) is 4.74 Å². The highest BCUT2D eigenvalue weighted by molar-refractivity contribution is 7.92. The first kappa shape index (κ1) is 29.9. The molecule has 0 radical (unpaired) electrons. The van der Waals surface area contributed by atoms with Gasteiger partial charge in [0.05, 0.1) is 12.4 Å². The smallest absolute Gasteiger partial charge is 0.233 e. The normalized spacial score (nSPS) is 13.8. The van der Waals surface area contributed by atoms with E-state index in [1.807, 2.05) is 26.0 Å². The maximum atomic E-state index is 11.6. The number of hydrogen-bond acceptors (Lipinski definition) is 5. The minimum absolute atomic E-state index is 0. The van der Waals surface area contributed by atoms with Gasteiger partial charge < -0.3 is 4.74 Å². The minimum Gasteiger partial charge on any atom is -0.478 e. The number of aromatic nitrogens is 1. The Morgan fingerprint density at radius 1 is 1.16 bits per heavy atom. The van der Waals surface area contributed by atoms with E-state index in [0.717, 1.165) is 38.9 Å². The second-order valence-electron chi connectivity index (χ2n) is 7.11. The molecule has 0 atom stereocenters. The van der Waals surface area contributed by atoms with Crippen molar-refractivity contribution in [2.75, 3.05) is 36.7 Å². The summed E-state index contributed by atoms with van der Waals surface area (Å²) in [6.07, 6.45) is 8.06. The van der Waals surface area contributed by atoms with Gasteiger partial charge >= 0.3 is 0 Å². The van der Waals surface area contributed by atoms with E-state index < -0.39 is 10.0 Å². The summed E-state index contributed by atoms with van der Waals surface area (Å²) in [5.74, 6) is 0.717. The highest BCUT2D eigenvalue weighted by Crippen LogP contribution is 2.20. The lowest BCUT2D eigenvalue weighted by molar-refractivity contribution is 0.255. The van der Waals surface area contributed by atoms with Gasteiger partial charge in [0.1, 0.15) is 5.82 Å². The molecule has 1 aliphatic rings. The van der Waals surface area contributed by atoms with Crippen molar-refractivity contribution in [2.24, 2.45) is 0 Å². The van der Waals surface area contributed by atoms with Gasteiger partial charge in [-0.05, 0) is 49.9 Å². The van der Waals surface area contributed by atoms with Crippen LogP contribution in [0.15, 0.2) is 54.7 Å². The topological polar surface area (TPSA) is 71.5 Å². The molecule has 6 nitrogen and oxygen atoms in total. The Kier molecular flexibility index (Phi) is 16.3. The van der Waals surface area contributed by atoms with E-state index in [1.54, 1.807) is 25.1 Å². The van der Waals surface area contributed by atoms with E-state index >= 15 is 0 Å². The van der Waals surface area contributed by atoms with Crippen LogP contribution in [-0.2, 0) is 10.0 Å². The molecule has 0 saturated heterocycles. The Bertz CT molecular complexity index is 811. The van der Waals surface area contributed by atoms with E-state index in [0.29, 0.717) is 12.5 Å². The molecule has 0 aliphatic carbocycles. The van der Waals surface area contributed by atoms with E-state index in [9.17, 15) is 8.42 Å². The van der Waals surface area contributed by atoms with Crippen LogP contribution in [0.5, 0.6) is 5.88 Å². The third-order valence-electron chi connectivity index (χ3n) is 4.48. The molecule has 1 aliphatic heterocycles. The lowest BCUT2D eigenvalue weighted by Gasteiger charge is -2.28. The van der Waals surface area contributed by atoms with Crippen molar-refractivity contribution >= 4 is 15.8 Å². The number of nitrogens with one attached hydrogen (secondary N) is 1. The number of allylic oxidation sites excluding steroid dienone is 1. The minimum atomic E-state index is -3.33. The molecule has 32 heavy (non-hydrogen) atoms. The molecule has 0 amide bonds. The predicted octanol–water partition coefficient (Wildman–Crippen LogP) is 6.07. The van der Waals surface area contributed by atoms with Crippen molar-refractivity contribution in [1.82, 2.24) is 9.88 Å². The summed E-state index contributed by atoms with van der Waals surface area (Å²) in [4.78, 5) is 6.60. The van der Waals surface area contributed by atoms with Crippen LogP contribution in [0.1, 0.15) is 61.7 Å². The van der Waals surface area contributed by atoms with Crippen LogP contribution in [0, 0.1) is 0 Å². The summed E-state index contributed by atoms with van der Waals surface area (Å²) in [5, 5.41) is 0. The number of rotatable bonds is 11. The van der Waals surface area contributed by atoms with E-state index in [2.05, 4.69) is 41.6 Å². The largest absolute Gasteiger partial charge is 0.478 e. The predicted molar refractivity (Wildman–Crippen MR) is 140 cm³/mol. The molecular formula is C25H45N3O3S. The second-order valence-corrected chi connectivity index (χ2v) is 9.13. The van der Waals surface area contributed by atoms with Crippen LogP contribution in [0.4, 0.5) is 5.82 Å². The summed E-state index contributed by atoms with van der Waals surface area (Å²) in [6.45, 7) is 21.1. The molecule has 0 saturated carbocycles. The Morgan fingerprint density at radius 3 is 2.41 bits per heavy atom. The van der Waals surface area contributed by atoms with Gasteiger partial charge in [-0.2, -0.15) is 4.98 Å². The standard InChI is InChI=1S/C20H29N3O3S.C3H8.C2H6.H2/c1-4-17-12-14-23(16-18(17)5-2)13-7-8-15-26-20-11-9-10-19(21-20)22-27(24,25)6-3;1-3-2;1-2;/h4-5,9-11H,1-2,6-8,12-16H2,3H3,(H,21,22);3H2,1-2H3;1-2H3;1H. The van der Waals surface area contributed by atoms with Crippen molar-refractivity contribution < 1.29 is 14.6 Å². The molecule has 0 aromatic carbocycles. The fourth-order valence-electron chi connectivity index (χ4n) is 2.88. The Balaban J connectivity index is 0. The average molecular weight is 468 g/mol. The van der Waals surface area contributed by atoms with Gasteiger partial charge in [0.2, 0.25) is 15.9 Å². The van der Waals surface area contributed by atoms with Gasteiger partial charge in [-0.25, -0.2) is 8.42 Å². The molecular weight excluding hydrogens is 422 g/mol. The SMILES string of the molecule is C=CC1=C(C=C)CN(CCCCOc2cccc(NS(=O)(=O)CC)n2)CC1.CC.CCC.[HH]. The molecule has 0 fully saturated rings. The summed E-state index contributed by atoms with van der Waals surface area (Å²) in [5.41, 5.74) is 2.57. The fraction of sp³-hybridized carbons (Fsp3) is 0.560. The molecule has 2 rings (SSSR count). The molecule has 1 N–H and O–H groups in total. The van der Waals surface area contributed by atoms with Crippen molar-refractivity contribution in [3.63, 3.8) is 0 Å². The zero-order valence-corrected chi connectivity index (χ0v) is 21.5. The number of sulfonamides is 1. The number of pyridine rings is 1. The van der Waals surface area contributed by atoms with Gasteiger partial charge in [-0.3, -0.25) is 9.62 Å². The zero-order chi connectivity index (χ0) is 24.4. The lowest BCUT2D eigenvalue weighted by atomic mass is 10.00. The Labute approximate surface area is 198 Å². The highest BCUT2D eigenvalue weighted by atomic mass is 32.2. The number of unbranched alkanes of at least 4 members (excludes halogenated alkanes) is 1. The van der Waals surface area contributed by atoms with Crippen LogP contribution in [-0.4, -0.2) is 50.3 Å². The quantitative estimate of drug-likeness (QED) is 0.400. The molecule has 1 aromatic rings. The first-order valence-electron chi connectivity index (χ1n) is 11.7. The van der Waals surface area contributed by atoms with E-state index in [-0.39, 0.29) is 13.0 Å². The molecule has 0 unspecified atom stereocenters. The van der Waals surface area contributed by atoms with Crippen LogP contribution >= 0.6 is 0 Å². The van der Waals surface area contributed by atoms with Gasteiger partial charge in [-0.15, -0.1) is 0 Å². The van der Waals surface area contributed by atoms with Crippen molar-refractivity contribution in [1.29, 1.82) is 0 Å². The third kappa shape index (κ3) is 12.1. The monoisotopic (exact) mass is 467 g/mol. The van der Waals surface area contributed by atoms with Crippen LogP contribution in [0.3, 0.4) is 0 Å². The van der Waals surface area contributed by atoms with Gasteiger partial charge in [0.25, 0.3) is 0 Å². The molecule has 7 heteroatoms. The number of nitrogens with zero attached hydrogens (tertiary/aromatic N) is 2.